The van der Waals surface area contributed by atoms with Crippen LogP contribution in [0, 0.1) is 18.8 Å². The van der Waals surface area contributed by atoms with Crippen molar-refractivity contribution in [3.8, 4) is 10.6 Å². The highest BCUT2D eigenvalue weighted by Gasteiger charge is 2.31. The van der Waals surface area contributed by atoms with E-state index < -0.39 is 0 Å². The van der Waals surface area contributed by atoms with E-state index in [1.807, 2.05) is 73.3 Å². The molecule has 2 aromatic carbocycles. The lowest BCUT2D eigenvalue weighted by molar-refractivity contribution is -0.126. The number of nitrogens with zero attached hydrogens (tertiary/aromatic N) is 2. The summed E-state index contributed by atoms with van der Waals surface area (Å²) in [4.78, 5) is 33.1. The summed E-state index contributed by atoms with van der Waals surface area (Å²) in [7, 11) is 0. The highest BCUT2D eigenvalue weighted by Crippen LogP contribution is 2.31. The van der Waals surface area contributed by atoms with Crippen molar-refractivity contribution in [3.63, 3.8) is 0 Å². The first-order valence-corrected chi connectivity index (χ1v) is 12.5. The molecule has 2 amide bonds. The second-order valence-corrected chi connectivity index (χ2v) is 10.00. The molecule has 0 spiro atoms. The van der Waals surface area contributed by atoms with Crippen molar-refractivity contribution in [2.45, 2.75) is 33.2 Å². The van der Waals surface area contributed by atoms with Crippen LogP contribution in [0.15, 0.2) is 54.6 Å². The summed E-state index contributed by atoms with van der Waals surface area (Å²) in [5, 5.41) is 4.59. The Kier molecular flexibility index (Phi) is 7.46. The summed E-state index contributed by atoms with van der Waals surface area (Å²) in [6, 6.07) is 17.4. The van der Waals surface area contributed by atoms with Crippen molar-refractivity contribution in [1.82, 2.24) is 15.2 Å². The summed E-state index contributed by atoms with van der Waals surface area (Å²) in [5.41, 5.74) is 2.83. The van der Waals surface area contributed by atoms with Crippen molar-refractivity contribution >= 4 is 34.8 Å². The summed E-state index contributed by atoms with van der Waals surface area (Å²) >= 11 is 7.38. The number of aryl methyl sites for hydroxylation is 1. The molecule has 1 saturated heterocycles. The Hall–Kier alpha value is -2.70. The number of halogens is 1. The molecule has 4 rings (SSSR count). The van der Waals surface area contributed by atoms with E-state index in [0.29, 0.717) is 29.5 Å². The molecule has 33 heavy (non-hydrogen) atoms. The number of hydrogen-bond acceptors (Lipinski definition) is 4. The minimum absolute atomic E-state index is 0.0467. The fourth-order valence-electron chi connectivity index (χ4n) is 4.21. The van der Waals surface area contributed by atoms with Crippen LogP contribution in [0.2, 0.25) is 5.02 Å². The van der Waals surface area contributed by atoms with Gasteiger partial charge >= 0.3 is 0 Å². The van der Waals surface area contributed by atoms with Crippen LogP contribution < -0.4 is 5.32 Å². The summed E-state index contributed by atoms with van der Waals surface area (Å²) in [6.45, 7) is 5.70. The minimum atomic E-state index is -0.0932. The molecule has 3 aromatic rings. The van der Waals surface area contributed by atoms with Crippen molar-refractivity contribution in [1.29, 1.82) is 0 Å². The van der Waals surface area contributed by atoms with Gasteiger partial charge in [-0.3, -0.25) is 9.59 Å². The van der Waals surface area contributed by atoms with Crippen LogP contribution in [0.5, 0.6) is 0 Å². The summed E-state index contributed by atoms with van der Waals surface area (Å²) in [6.07, 6.45) is 1.65. The molecule has 1 aliphatic heterocycles. The second kappa shape index (κ2) is 10.5. The molecule has 0 bridgehead atoms. The highest BCUT2D eigenvalue weighted by molar-refractivity contribution is 7.17. The van der Waals surface area contributed by atoms with E-state index in [0.717, 1.165) is 34.7 Å². The number of benzene rings is 2. The lowest BCUT2D eigenvalue weighted by atomic mass is 9.84. The molecule has 0 aliphatic carbocycles. The van der Waals surface area contributed by atoms with Crippen molar-refractivity contribution in [2.75, 3.05) is 13.1 Å². The van der Waals surface area contributed by atoms with Gasteiger partial charge in [0, 0.05) is 36.1 Å². The Bertz CT molecular complexity index is 1110. The van der Waals surface area contributed by atoms with Crippen LogP contribution in [0.1, 0.15) is 40.7 Å². The fourth-order valence-corrected chi connectivity index (χ4v) is 5.38. The van der Waals surface area contributed by atoms with Crippen LogP contribution in [0.4, 0.5) is 0 Å². The molecule has 1 atom stereocenters. The third-order valence-electron chi connectivity index (χ3n) is 6.34. The lowest BCUT2D eigenvalue weighted by Gasteiger charge is -2.34. The fraction of sp³-hybridized carbons (Fsp3) is 0.346. The van der Waals surface area contributed by atoms with Gasteiger partial charge in [-0.05, 0) is 43.4 Å². The van der Waals surface area contributed by atoms with E-state index >= 15 is 0 Å². The molecule has 0 radical (unpaired) electrons. The molecular weight excluding hydrogens is 454 g/mol. The molecule has 5 nitrogen and oxygen atoms in total. The molecular formula is C26H28ClN3O2S. The largest absolute Gasteiger partial charge is 0.352 e. The first-order chi connectivity index (χ1) is 15.9. The van der Waals surface area contributed by atoms with Gasteiger partial charge in [-0.1, -0.05) is 61.0 Å². The molecule has 1 N–H and O–H groups in total. The smallest absolute Gasteiger partial charge is 0.265 e. The van der Waals surface area contributed by atoms with E-state index in [9.17, 15) is 9.59 Å². The van der Waals surface area contributed by atoms with E-state index in [1.165, 1.54) is 11.3 Å². The third kappa shape index (κ3) is 5.63. The first kappa shape index (κ1) is 23.5. The van der Waals surface area contributed by atoms with Gasteiger partial charge in [0.05, 0.1) is 5.69 Å². The van der Waals surface area contributed by atoms with Crippen LogP contribution in [-0.2, 0) is 11.3 Å². The van der Waals surface area contributed by atoms with Gasteiger partial charge in [-0.2, -0.15) is 0 Å². The SMILES string of the molecule is Cc1nc(-c2ccccc2)sc1C(=O)N1CCC([C@@H](C)C(=O)NCc2ccc(Cl)cc2)CC1. The van der Waals surface area contributed by atoms with Gasteiger partial charge < -0.3 is 10.2 Å². The van der Waals surface area contributed by atoms with Crippen molar-refractivity contribution in [3.05, 3.63) is 75.8 Å². The maximum absolute atomic E-state index is 13.2. The van der Waals surface area contributed by atoms with E-state index in [2.05, 4.69) is 10.3 Å². The zero-order chi connectivity index (χ0) is 23.4. The molecule has 1 aliphatic rings. The Morgan fingerprint density at radius 3 is 2.45 bits per heavy atom. The standard InChI is InChI=1S/C26H28ClN3O2S/c1-17(24(31)28-16-19-8-10-22(27)11-9-19)20-12-14-30(15-13-20)26(32)23-18(2)29-25(33-23)21-6-4-3-5-7-21/h3-11,17,20H,12-16H2,1-2H3,(H,28,31)/t17-/m1/s1. The number of rotatable bonds is 6. The van der Waals surface area contributed by atoms with E-state index in [-0.39, 0.29) is 23.7 Å². The zero-order valence-electron chi connectivity index (χ0n) is 18.9. The predicted molar refractivity (Wildman–Crippen MR) is 133 cm³/mol. The predicted octanol–water partition coefficient (Wildman–Crippen LogP) is 5.58. The molecule has 7 heteroatoms. The molecule has 1 aromatic heterocycles. The molecule has 0 saturated carbocycles. The van der Waals surface area contributed by atoms with Gasteiger partial charge in [-0.25, -0.2) is 4.98 Å². The molecule has 1 fully saturated rings. The minimum Gasteiger partial charge on any atom is -0.352 e. The van der Waals surface area contributed by atoms with Crippen molar-refractivity contribution in [2.24, 2.45) is 11.8 Å². The monoisotopic (exact) mass is 481 g/mol. The number of aromatic nitrogens is 1. The van der Waals surface area contributed by atoms with Gasteiger partial charge in [0.1, 0.15) is 9.88 Å². The number of carbonyl (C=O) groups excluding carboxylic acids is 2. The van der Waals surface area contributed by atoms with Gasteiger partial charge in [0.2, 0.25) is 5.91 Å². The molecule has 0 unspecified atom stereocenters. The average Bonchev–Trinajstić information content (AvgIpc) is 3.24. The van der Waals surface area contributed by atoms with Gasteiger partial charge in [0.15, 0.2) is 0 Å². The quantitative estimate of drug-likeness (QED) is 0.500. The number of piperidine rings is 1. The Morgan fingerprint density at radius 1 is 1.12 bits per heavy atom. The van der Waals surface area contributed by atoms with E-state index in [4.69, 9.17) is 11.6 Å². The number of carbonyl (C=O) groups is 2. The normalized spacial score (nSPS) is 15.3. The Balaban J connectivity index is 1.31. The summed E-state index contributed by atoms with van der Waals surface area (Å²) in [5.74, 6) is 0.275. The topological polar surface area (TPSA) is 62.3 Å². The number of likely N-dealkylation sites (tertiary alicyclic amines) is 1. The third-order valence-corrected chi connectivity index (χ3v) is 7.79. The summed E-state index contributed by atoms with van der Waals surface area (Å²) < 4.78 is 0. The highest BCUT2D eigenvalue weighted by atomic mass is 35.5. The van der Waals surface area contributed by atoms with Crippen LogP contribution in [0.25, 0.3) is 10.6 Å². The number of hydrogen-bond donors (Lipinski definition) is 1. The van der Waals surface area contributed by atoms with Crippen LogP contribution in [-0.4, -0.2) is 34.8 Å². The first-order valence-electron chi connectivity index (χ1n) is 11.3. The second-order valence-electron chi connectivity index (χ2n) is 8.56. The maximum Gasteiger partial charge on any atom is 0.265 e. The zero-order valence-corrected chi connectivity index (χ0v) is 20.5. The Labute approximate surface area is 203 Å². The van der Waals surface area contributed by atoms with E-state index in [1.54, 1.807) is 0 Å². The van der Waals surface area contributed by atoms with Crippen LogP contribution >= 0.6 is 22.9 Å². The number of nitrogens with one attached hydrogen (secondary N) is 1. The van der Waals surface area contributed by atoms with Crippen molar-refractivity contribution < 1.29 is 9.59 Å². The number of amides is 2. The molecule has 172 valence electrons. The van der Waals surface area contributed by atoms with Gasteiger partial charge in [-0.15, -0.1) is 11.3 Å². The number of thiazole rings is 1. The lowest BCUT2D eigenvalue weighted by Crippen LogP contribution is -2.42. The maximum atomic E-state index is 13.2. The van der Waals surface area contributed by atoms with Gasteiger partial charge in [0.25, 0.3) is 5.91 Å². The average molecular weight is 482 g/mol. The Morgan fingerprint density at radius 2 is 1.79 bits per heavy atom. The molecule has 2 heterocycles. The van der Waals surface area contributed by atoms with Crippen LogP contribution in [0.3, 0.4) is 0 Å².